The fourth-order valence-corrected chi connectivity index (χ4v) is 2.79. The highest BCUT2D eigenvalue weighted by Crippen LogP contribution is 2.28. The molecule has 0 aromatic carbocycles. The smallest absolute Gasteiger partial charge is 0.0250 e. The molecule has 0 unspecified atom stereocenters. The molecule has 0 aliphatic heterocycles. The summed E-state index contributed by atoms with van der Waals surface area (Å²) >= 11 is 12.2. The lowest BCUT2D eigenvalue weighted by atomic mass is 10.0. The van der Waals surface area contributed by atoms with Crippen molar-refractivity contribution in [1.82, 2.24) is 0 Å². The van der Waals surface area contributed by atoms with E-state index >= 15 is 0 Å². The number of hydrogen-bond donors (Lipinski definition) is 0. The third-order valence-corrected chi connectivity index (χ3v) is 4.12. The van der Waals surface area contributed by atoms with Gasteiger partial charge in [-0.1, -0.05) is 53.9 Å². The molecule has 0 N–H and O–H groups in total. The van der Waals surface area contributed by atoms with Crippen molar-refractivity contribution >= 4 is 23.2 Å². The molecule has 2 aliphatic carbocycles. The van der Waals surface area contributed by atoms with Gasteiger partial charge in [0.2, 0.25) is 0 Å². The van der Waals surface area contributed by atoms with E-state index in [4.69, 9.17) is 23.2 Å². The number of rotatable bonds is 6. The van der Waals surface area contributed by atoms with E-state index < -0.39 is 0 Å². The average Bonchev–Trinajstić information content (AvgIpc) is 2.89. The topological polar surface area (TPSA) is 0 Å². The molecule has 0 heterocycles. The number of halogens is 2. The summed E-state index contributed by atoms with van der Waals surface area (Å²) in [6, 6.07) is 0. The van der Waals surface area contributed by atoms with Crippen LogP contribution in [0.5, 0.6) is 0 Å². The van der Waals surface area contributed by atoms with E-state index in [1.807, 2.05) is 0 Å². The van der Waals surface area contributed by atoms with E-state index in [9.17, 15) is 0 Å². The summed E-state index contributed by atoms with van der Waals surface area (Å²) in [7, 11) is 0. The molecule has 0 aromatic rings. The Morgan fingerprint density at radius 1 is 0.765 bits per heavy atom. The van der Waals surface area contributed by atoms with Crippen LogP contribution in [-0.2, 0) is 0 Å². The van der Waals surface area contributed by atoms with Crippen LogP contribution in [0, 0.1) is 0 Å². The van der Waals surface area contributed by atoms with Crippen LogP contribution in [0.2, 0.25) is 0 Å². The van der Waals surface area contributed by atoms with Gasteiger partial charge < -0.3 is 0 Å². The first-order valence-corrected chi connectivity index (χ1v) is 7.11. The van der Waals surface area contributed by atoms with Gasteiger partial charge in [0.1, 0.15) is 0 Å². The second-order valence-corrected chi connectivity index (χ2v) is 5.55. The molecule has 2 rings (SSSR count). The molecule has 0 fully saturated rings. The summed E-state index contributed by atoms with van der Waals surface area (Å²) in [4.78, 5) is 0. The van der Waals surface area contributed by atoms with Gasteiger partial charge in [-0.05, 0) is 36.8 Å². The predicted molar refractivity (Wildman–Crippen MR) is 76.4 cm³/mol. The first kappa shape index (κ1) is 13.0. The highest BCUT2D eigenvalue weighted by atomic mass is 35.5. The van der Waals surface area contributed by atoms with Crippen molar-refractivity contribution in [3.8, 4) is 0 Å². The van der Waals surface area contributed by atoms with Crippen LogP contribution in [-0.4, -0.2) is 0 Å². The third-order valence-electron chi connectivity index (χ3n) is 3.32. The summed E-state index contributed by atoms with van der Waals surface area (Å²) in [6.45, 7) is 0. The SMILES string of the molecule is ClC1=C(CCCCCC2=C(Cl)CC=C2)C=CC1. The van der Waals surface area contributed by atoms with Gasteiger partial charge in [-0.3, -0.25) is 0 Å². The van der Waals surface area contributed by atoms with Gasteiger partial charge in [-0.2, -0.15) is 0 Å². The van der Waals surface area contributed by atoms with E-state index in [2.05, 4.69) is 24.3 Å². The average molecular weight is 269 g/mol. The highest BCUT2D eigenvalue weighted by molar-refractivity contribution is 6.30. The van der Waals surface area contributed by atoms with Crippen molar-refractivity contribution in [2.45, 2.75) is 44.9 Å². The molecule has 0 radical (unpaired) electrons. The second kappa shape index (κ2) is 6.47. The van der Waals surface area contributed by atoms with Crippen LogP contribution >= 0.6 is 23.2 Å². The van der Waals surface area contributed by atoms with Gasteiger partial charge in [-0.25, -0.2) is 0 Å². The molecule has 92 valence electrons. The molecule has 0 nitrogen and oxygen atoms in total. The second-order valence-electron chi connectivity index (χ2n) is 4.63. The summed E-state index contributed by atoms with van der Waals surface area (Å²) in [5, 5.41) is 2.07. The Balaban J connectivity index is 1.61. The summed E-state index contributed by atoms with van der Waals surface area (Å²) in [6.07, 6.45) is 16.4. The van der Waals surface area contributed by atoms with Crippen molar-refractivity contribution in [3.05, 3.63) is 45.5 Å². The lowest BCUT2D eigenvalue weighted by Crippen LogP contribution is -1.84. The summed E-state index contributed by atoms with van der Waals surface area (Å²) in [5.74, 6) is 0. The summed E-state index contributed by atoms with van der Waals surface area (Å²) < 4.78 is 0. The fourth-order valence-electron chi connectivity index (χ4n) is 2.30. The zero-order valence-corrected chi connectivity index (χ0v) is 11.5. The standard InChI is InChI=1S/C15H18Cl2/c16-14-10-4-8-12(14)6-2-1-3-7-13-9-5-11-15(13)17/h4-5,8-9H,1-3,6-7,10-11H2. The van der Waals surface area contributed by atoms with E-state index in [1.54, 1.807) is 0 Å². The van der Waals surface area contributed by atoms with E-state index in [0.29, 0.717) is 0 Å². The molecule has 0 spiro atoms. The Hall–Kier alpha value is -0.460. The van der Waals surface area contributed by atoms with Crippen LogP contribution in [0.25, 0.3) is 0 Å². The number of unbranched alkanes of at least 4 members (excludes halogenated alkanes) is 2. The Kier molecular flexibility index (Phi) is 4.94. The molecule has 2 aliphatic rings. The minimum Gasteiger partial charge on any atom is -0.0885 e. The van der Waals surface area contributed by atoms with Crippen LogP contribution in [0.4, 0.5) is 0 Å². The van der Waals surface area contributed by atoms with Crippen molar-refractivity contribution in [2.24, 2.45) is 0 Å². The zero-order valence-electron chi connectivity index (χ0n) is 10.0. The normalized spacial score (nSPS) is 18.9. The minimum absolute atomic E-state index is 0.935. The van der Waals surface area contributed by atoms with Crippen LogP contribution in [0.1, 0.15) is 44.9 Å². The fraction of sp³-hybridized carbons (Fsp3) is 0.467. The molecule has 0 bridgehead atoms. The number of hydrogen-bond acceptors (Lipinski definition) is 0. The largest absolute Gasteiger partial charge is 0.0885 e. The first-order chi connectivity index (χ1) is 8.27. The molecule has 2 heteroatoms. The molecular formula is C15H18Cl2. The Labute approximate surface area is 114 Å². The highest BCUT2D eigenvalue weighted by Gasteiger charge is 2.07. The summed E-state index contributed by atoms with van der Waals surface area (Å²) in [5.41, 5.74) is 2.68. The van der Waals surface area contributed by atoms with Gasteiger partial charge in [0.05, 0.1) is 0 Å². The maximum atomic E-state index is 6.10. The maximum Gasteiger partial charge on any atom is 0.0250 e. The first-order valence-electron chi connectivity index (χ1n) is 6.35. The third kappa shape index (κ3) is 3.76. The van der Waals surface area contributed by atoms with Gasteiger partial charge in [0, 0.05) is 22.9 Å². The predicted octanol–water partition coefficient (Wildman–Crippen LogP) is 5.84. The monoisotopic (exact) mass is 268 g/mol. The van der Waals surface area contributed by atoms with Gasteiger partial charge >= 0.3 is 0 Å². The minimum atomic E-state index is 0.935. The Bertz CT molecular complexity index is 359. The Morgan fingerprint density at radius 2 is 1.24 bits per heavy atom. The van der Waals surface area contributed by atoms with Crippen LogP contribution < -0.4 is 0 Å². The van der Waals surface area contributed by atoms with Gasteiger partial charge in [0.15, 0.2) is 0 Å². The lowest BCUT2D eigenvalue weighted by Gasteiger charge is -2.03. The molecular weight excluding hydrogens is 251 g/mol. The zero-order chi connectivity index (χ0) is 12.1. The van der Waals surface area contributed by atoms with Crippen molar-refractivity contribution in [3.63, 3.8) is 0 Å². The van der Waals surface area contributed by atoms with Gasteiger partial charge in [0.25, 0.3) is 0 Å². The molecule has 0 saturated heterocycles. The molecule has 0 aromatic heterocycles. The number of allylic oxidation sites excluding steroid dienone is 8. The van der Waals surface area contributed by atoms with E-state index in [-0.39, 0.29) is 0 Å². The van der Waals surface area contributed by atoms with Crippen molar-refractivity contribution < 1.29 is 0 Å². The molecule has 0 saturated carbocycles. The Morgan fingerprint density at radius 3 is 1.59 bits per heavy atom. The quantitative estimate of drug-likeness (QED) is 0.531. The van der Waals surface area contributed by atoms with Crippen LogP contribution in [0.15, 0.2) is 45.5 Å². The van der Waals surface area contributed by atoms with Crippen molar-refractivity contribution in [2.75, 3.05) is 0 Å². The molecule has 0 amide bonds. The van der Waals surface area contributed by atoms with Crippen molar-refractivity contribution in [1.29, 1.82) is 0 Å². The molecule has 17 heavy (non-hydrogen) atoms. The van der Waals surface area contributed by atoms with Crippen LogP contribution in [0.3, 0.4) is 0 Å². The molecule has 0 atom stereocenters. The van der Waals surface area contributed by atoms with Gasteiger partial charge in [-0.15, -0.1) is 0 Å². The van der Waals surface area contributed by atoms with E-state index in [0.717, 1.165) is 35.7 Å². The van der Waals surface area contributed by atoms with E-state index in [1.165, 1.54) is 30.4 Å². The lowest BCUT2D eigenvalue weighted by molar-refractivity contribution is 0.681. The maximum absolute atomic E-state index is 6.10.